The van der Waals surface area contributed by atoms with Crippen LogP contribution in [0, 0.1) is 0 Å². The van der Waals surface area contributed by atoms with E-state index in [9.17, 15) is 0 Å². The molecule has 52 heavy (non-hydrogen) atoms. The topological polar surface area (TPSA) is 16.4 Å². The number of nitrogens with zero attached hydrogens (tertiary/aromatic N) is 1. The summed E-state index contributed by atoms with van der Waals surface area (Å²) in [6.07, 6.45) is 0. The largest absolute Gasteiger partial charge is 0.456 e. The van der Waals surface area contributed by atoms with Gasteiger partial charge in [0.25, 0.3) is 0 Å². The summed E-state index contributed by atoms with van der Waals surface area (Å²) in [7, 11) is 0. The monoisotopic (exact) mass is 665 g/mol. The molecule has 0 aliphatic carbocycles. The van der Waals surface area contributed by atoms with E-state index in [1.165, 1.54) is 38.9 Å². The molecule has 9 aromatic rings. The lowest BCUT2D eigenvalue weighted by molar-refractivity contribution is 0.631. The molecular weight excluding hydrogens is 631 g/mol. The Balaban J connectivity index is 1.14. The van der Waals surface area contributed by atoms with E-state index in [2.05, 4.69) is 199 Å². The van der Waals surface area contributed by atoms with E-state index in [0.717, 1.165) is 44.9 Å². The molecule has 0 bridgehead atoms. The number of benzene rings is 8. The second-order valence-electron chi connectivity index (χ2n) is 13.0. The molecule has 0 saturated carbocycles. The van der Waals surface area contributed by atoms with E-state index >= 15 is 0 Å². The second-order valence-corrected chi connectivity index (χ2v) is 13.0. The Morgan fingerprint density at radius 3 is 1.40 bits per heavy atom. The van der Waals surface area contributed by atoms with Gasteiger partial charge >= 0.3 is 0 Å². The summed E-state index contributed by atoms with van der Waals surface area (Å²) in [6.45, 7) is 0. The van der Waals surface area contributed by atoms with Crippen LogP contribution in [0.25, 0.3) is 66.8 Å². The number of rotatable bonds is 8. The van der Waals surface area contributed by atoms with Gasteiger partial charge in [-0.05, 0) is 93.0 Å². The molecule has 0 aliphatic rings. The lowest BCUT2D eigenvalue weighted by Crippen LogP contribution is -2.10. The zero-order chi connectivity index (χ0) is 34.7. The first-order chi connectivity index (χ1) is 25.8. The van der Waals surface area contributed by atoms with Crippen molar-refractivity contribution in [1.82, 2.24) is 0 Å². The van der Waals surface area contributed by atoms with Crippen LogP contribution in [0.3, 0.4) is 0 Å². The minimum absolute atomic E-state index is 0.851. The van der Waals surface area contributed by atoms with E-state index in [1.54, 1.807) is 0 Å². The van der Waals surface area contributed by atoms with Crippen molar-refractivity contribution in [3.05, 3.63) is 212 Å². The van der Waals surface area contributed by atoms with Crippen molar-refractivity contribution in [3.8, 4) is 55.8 Å². The van der Waals surface area contributed by atoms with Crippen LogP contribution in [0.1, 0.15) is 0 Å². The Labute approximate surface area is 304 Å². The zero-order valence-corrected chi connectivity index (χ0v) is 28.6. The summed E-state index contributed by atoms with van der Waals surface area (Å²) in [5, 5.41) is 1.09. The Bertz CT molecular complexity index is 2590. The smallest absolute Gasteiger partial charge is 0.135 e. The Kier molecular flexibility index (Phi) is 8.24. The Morgan fingerprint density at radius 2 is 0.769 bits per heavy atom. The maximum Gasteiger partial charge on any atom is 0.135 e. The molecule has 2 nitrogen and oxygen atoms in total. The molecule has 0 fully saturated rings. The van der Waals surface area contributed by atoms with E-state index in [1.807, 2.05) is 18.2 Å². The van der Waals surface area contributed by atoms with E-state index in [4.69, 9.17) is 4.42 Å². The highest BCUT2D eigenvalue weighted by molar-refractivity contribution is 5.92. The molecule has 1 heterocycles. The number of anilines is 3. The minimum atomic E-state index is 0.851. The van der Waals surface area contributed by atoms with Crippen LogP contribution in [-0.4, -0.2) is 0 Å². The van der Waals surface area contributed by atoms with Crippen molar-refractivity contribution in [1.29, 1.82) is 0 Å². The highest BCUT2D eigenvalue weighted by Gasteiger charge is 2.17. The van der Waals surface area contributed by atoms with E-state index in [-0.39, 0.29) is 0 Å². The predicted octanol–water partition coefficient (Wildman–Crippen LogP) is 14.2. The lowest BCUT2D eigenvalue weighted by atomic mass is 9.89. The standard InChI is InChI=1S/C50H35NO/c1-3-15-36(16-4-1)39-20-13-22-43(33-39)51(44-23-14-21-40(34-44)50-35-41-19-7-12-28-49(41)52-50)42-31-29-38(30-32-42)46-25-9-11-27-48(46)47-26-10-8-24-45(47)37-17-5-2-6-18-37/h1-35H. The number of furan rings is 1. The predicted molar refractivity (Wildman–Crippen MR) is 218 cm³/mol. The van der Waals surface area contributed by atoms with Gasteiger partial charge in [0.05, 0.1) is 0 Å². The molecule has 246 valence electrons. The van der Waals surface area contributed by atoms with E-state index < -0.39 is 0 Å². The molecule has 9 rings (SSSR count). The van der Waals surface area contributed by atoms with Crippen molar-refractivity contribution >= 4 is 28.0 Å². The molecular formula is C50H35NO. The third-order valence-electron chi connectivity index (χ3n) is 9.69. The summed E-state index contributed by atoms with van der Waals surface area (Å²) < 4.78 is 6.31. The number of hydrogen-bond acceptors (Lipinski definition) is 2. The summed E-state index contributed by atoms with van der Waals surface area (Å²) in [4.78, 5) is 2.33. The van der Waals surface area contributed by atoms with Crippen LogP contribution >= 0.6 is 0 Å². The highest BCUT2D eigenvalue weighted by Crippen LogP contribution is 2.42. The van der Waals surface area contributed by atoms with Crippen molar-refractivity contribution in [2.24, 2.45) is 0 Å². The van der Waals surface area contributed by atoms with Crippen LogP contribution < -0.4 is 4.90 Å². The van der Waals surface area contributed by atoms with Gasteiger partial charge in [0.1, 0.15) is 11.3 Å². The molecule has 0 unspecified atom stereocenters. The lowest BCUT2D eigenvalue weighted by Gasteiger charge is -2.27. The number of hydrogen-bond donors (Lipinski definition) is 0. The molecule has 0 radical (unpaired) electrons. The van der Waals surface area contributed by atoms with Crippen LogP contribution in [0.5, 0.6) is 0 Å². The Hall–Kier alpha value is -6.90. The first-order valence-corrected chi connectivity index (χ1v) is 17.7. The summed E-state index contributed by atoms with van der Waals surface area (Å²) in [6, 6.07) is 75.2. The fourth-order valence-electron chi connectivity index (χ4n) is 7.17. The summed E-state index contributed by atoms with van der Waals surface area (Å²) in [5.41, 5.74) is 14.7. The SMILES string of the molecule is c1ccc(-c2cccc(N(c3ccc(-c4ccccc4-c4ccccc4-c4ccccc4)cc3)c3cccc(-c4cc5ccccc5o4)c3)c2)cc1. The second kappa shape index (κ2) is 13.8. The third kappa shape index (κ3) is 6.08. The van der Waals surface area contributed by atoms with Crippen molar-refractivity contribution < 1.29 is 4.42 Å². The van der Waals surface area contributed by atoms with Crippen molar-refractivity contribution in [2.75, 3.05) is 4.90 Å². The number of para-hydroxylation sites is 1. The number of fused-ring (bicyclic) bond motifs is 1. The average Bonchev–Trinajstić information content (AvgIpc) is 3.67. The van der Waals surface area contributed by atoms with Gasteiger partial charge in [0.15, 0.2) is 0 Å². The first-order valence-electron chi connectivity index (χ1n) is 17.7. The fourth-order valence-corrected chi connectivity index (χ4v) is 7.17. The highest BCUT2D eigenvalue weighted by atomic mass is 16.3. The average molecular weight is 666 g/mol. The molecule has 0 aliphatic heterocycles. The van der Waals surface area contributed by atoms with E-state index in [0.29, 0.717) is 0 Å². The molecule has 0 amide bonds. The summed E-state index contributed by atoms with van der Waals surface area (Å²) >= 11 is 0. The first kappa shape index (κ1) is 31.1. The third-order valence-corrected chi connectivity index (χ3v) is 9.69. The molecule has 0 spiro atoms. The van der Waals surface area contributed by atoms with Gasteiger partial charge < -0.3 is 9.32 Å². The zero-order valence-electron chi connectivity index (χ0n) is 28.6. The Morgan fingerprint density at radius 1 is 0.288 bits per heavy atom. The van der Waals surface area contributed by atoms with Gasteiger partial charge in [0, 0.05) is 28.0 Å². The fraction of sp³-hybridized carbons (Fsp3) is 0. The van der Waals surface area contributed by atoms with Gasteiger partial charge in [-0.2, -0.15) is 0 Å². The van der Waals surface area contributed by atoms with Crippen LogP contribution in [0.15, 0.2) is 217 Å². The van der Waals surface area contributed by atoms with Crippen LogP contribution in [0.4, 0.5) is 17.1 Å². The minimum Gasteiger partial charge on any atom is -0.456 e. The molecule has 2 heteroatoms. The van der Waals surface area contributed by atoms with Gasteiger partial charge in [-0.25, -0.2) is 0 Å². The molecule has 8 aromatic carbocycles. The van der Waals surface area contributed by atoms with Crippen molar-refractivity contribution in [3.63, 3.8) is 0 Å². The maximum atomic E-state index is 6.31. The molecule has 0 N–H and O–H groups in total. The van der Waals surface area contributed by atoms with Crippen LogP contribution in [0.2, 0.25) is 0 Å². The quantitative estimate of drug-likeness (QED) is 0.161. The van der Waals surface area contributed by atoms with Gasteiger partial charge in [0.2, 0.25) is 0 Å². The van der Waals surface area contributed by atoms with Gasteiger partial charge in [-0.15, -0.1) is 0 Å². The molecule has 0 saturated heterocycles. The molecule has 1 aromatic heterocycles. The van der Waals surface area contributed by atoms with Crippen molar-refractivity contribution in [2.45, 2.75) is 0 Å². The normalized spacial score (nSPS) is 11.1. The summed E-state index contributed by atoms with van der Waals surface area (Å²) in [5.74, 6) is 0.851. The van der Waals surface area contributed by atoms with Gasteiger partial charge in [-0.1, -0.05) is 164 Å². The maximum absolute atomic E-state index is 6.31. The molecule has 0 atom stereocenters. The van der Waals surface area contributed by atoms with Crippen LogP contribution in [-0.2, 0) is 0 Å². The van der Waals surface area contributed by atoms with Gasteiger partial charge in [-0.3, -0.25) is 0 Å².